The van der Waals surface area contributed by atoms with E-state index in [1.54, 1.807) is 13.1 Å². The van der Waals surface area contributed by atoms with Gasteiger partial charge in [-0.3, -0.25) is 9.40 Å². The second kappa shape index (κ2) is 5.68. The summed E-state index contributed by atoms with van der Waals surface area (Å²) >= 11 is 0. The van der Waals surface area contributed by atoms with E-state index < -0.39 is 10.2 Å². The normalized spacial score (nSPS) is 17.8. The summed E-state index contributed by atoms with van der Waals surface area (Å²) in [4.78, 5) is 0. The molecule has 8 heteroatoms. The molecule has 1 aromatic rings. The minimum Gasteiger partial charge on any atom is -0.317 e. The van der Waals surface area contributed by atoms with E-state index in [0.29, 0.717) is 18.3 Å². The smallest absolute Gasteiger partial charge is 0.299 e. The molecule has 7 nitrogen and oxygen atoms in total. The molecule has 0 amide bonds. The summed E-state index contributed by atoms with van der Waals surface area (Å²) in [5, 5.41) is 7.50. The molecule has 3 N–H and O–H groups in total. The van der Waals surface area contributed by atoms with Crippen molar-refractivity contribution in [2.45, 2.75) is 25.8 Å². The average molecular weight is 273 g/mol. The molecule has 1 saturated heterocycles. The van der Waals surface area contributed by atoms with Crippen LogP contribution in [0.25, 0.3) is 0 Å². The molecule has 0 spiro atoms. The zero-order valence-corrected chi connectivity index (χ0v) is 11.2. The van der Waals surface area contributed by atoms with E-state index >= 15 is 0 Å². The summed E-state index contributed by atoms with van der Waals surface area (Å²) in [7, 11) is -3.47. The highest BCUT2D eigenvalue weighted by Gasteiger charge is 2.16. The third-order valence-electron chi connectivity index (χ3n) is 2.87. The van der Waals surface area contributed by atoms with E-state index in [0.717, 1.165) is 25.9 Å². The van der Waals surface area contributed by atoms with Gasteiger partial charge in [0.1, 0.15) is 0 Å². The third kappa shape index (κ3) is 3.44. The van der Waals surface area contributed by atoms with Crippen molar-refractivity contribution in [2.75, 3.05) is 24.4 Å². The van der Waals surface area contributed by atoms with Gasteiger partial charge in [-0.2, -0.15) is 18.2 Å². The number of aromatic nitrogens is 2. The fraction of sp³-hybridized carbons (Fsp3) is 0.700. The molecule has 0 radical (unpaired) electrons. The average Bonchev–Trinajstić information content (AvgIpc) is 2.77. The Bertz CT molecular complexity index is 478. The first kappa shape index (κ1) is 13.3. The Morgan fingerprint density at radius 1 is 1.50 bits per heavy atom. The van der Waals surface area contributed by atoms with Crippen molar-refractivity contribution < 1.29 is 8.42 Å². The highest BCUT2D eigenvalue weighted by molar-refractivity contribution is 7.90. The van der Waals surface area contributed by atoms with Crippen LogP contribution in [0.4, 0.5) is 5.69 Å². The molecule has 0 saturated carbocycles. The van der Waals surface area contributed by atoms with Gasteiger partial charge < -0.3 is 5.32 Å². The van der Waals surface area contributed by atoms with Crippen molar-refractivity contribution >= 4 is 15.9 Å². The molecule has 18 heavy (non-hydrogen) atoms. The molecular weight excluding hydrogens is 254 g/mol. The van der Waals surface area contributed by atoms with E-state index in [1.165, 1.54) is 6.20 Å². The molecule has 0 atom stereocenters. The van der Waals surface area contributed by atoms with Crippen molar-refractivity contribution in [1.82, 2.24) is 19.8 Å². The van der Waals surface area contributed by atoms with Crippen molar-refractivity contribution in [3.63, 3.8) is 0 Å². The van der Waals surface area contributed by atoms with Gasteiger partial charge >= 0.3 is 0 Å². The van der Waals surface area contributed by atoms with Gasteiger partial charge in [-0.1, -0.05) is 6.92 Å². The van der Waals surface area contributed by atoms with E-state index in [1.807, 2.05) is 4.68 Å². The van der Waals surface area contributed by atoms with Crippen molar-refractivity contribution in [3.8, 4) is 0 Å². The Morgan fingerprint density at radius 3 is 2.89 bits per heavy atom. The van der Waals surface area contributed by atoms with Crippen LogP contribution in [0.2, 0.25) is 0 Å². The Morgan fingerprint density at radius 2 is 2.22 bits per heavy atom. The third-order valence-corrected chi connectivity index (χ3v) is 4.04. The minimum absolute atomic E-state index is 0.351. The monoisotopic (exact) mass is 273 g/mol. The van der Waals surface area contributed by atoms with Gasteiger partial charge in [0.25, 0.3) is 10.2 Å². The molecule has 0 aliphatic carbocycles. The predicted molar refractivity (Wildman–Crippen MR) is 69.6 cm³/mol. The lowest BCUT2D eigenvalue weighted by Crippen LogP contribution is -2.30. The summed E-state index contributed by atoms with van der Waals surface area (Å²) in [6, 6.07) is 0.351. The zero-order valence-electron chi connectivity index (χ0n) is 10.4. The van der Waals surface area contributed by atoms with Crippen molar-refractivity contribution in [3.05, 3.63) is 12.4 Å². The number of hydrogen-bond donors (Lipinski definition) is 3. The number of piperidine rings is 1. The van der Waals surface area contributed by atoms with Crippen molar-refractivity contribution in [1.29, 1.82) is 0 Å². The van der Waals surface area contributed by atoms with Gasteiger partial charge in [-0.05, 0) is 25.9 Å². The Labute approximate surface area is 107 Å². The predicted octanol–water partition coefficient (Wildman–Crippen LogP) is 0.0738. The Balaban J connectivity index is 2.01. The van der Waals surface area contributed by atoms with Gasteiger partial charge in [0.05, 0.1) is 17.9 Å². The lowest BCUT2D eigenvalue weighted by atomic mass is 10.1. The molecule has 1 aliphatic rings. The maximum absolute atomic E-state index is 11.5. The first-order valence-electron chi connectivity index (χ1n) is 6.13. The molecule has 0 aromatic carbocycles. The summed E-state index contributed by atoms with van der Waals surface area (Å²) in [6.45, 7) is 4.04. The SMILES string of the molecule is CCNS(=O)(=O)Nc1cnn(C2CCNCC2)c1. The number of rotatable bonds is 5. The topological polar surface area (TPSA) is 88.1 Å². The summed E-state index contributed by atoms with van der Waals surface area (Å²) in [6.07, 6.45) is 5.31. The molecule has 0 bridgehead atoms. The van der Waals surface area contributed by atoms with E-state index in [2.05, 4.69) is 19.9 Å². The number of nitrogens with zero attached hydrogens (tertiary/aromatic N) is 2. The largest absolute Gasteiger partial charge is 0.317 e. The quantitative estimate of drug-likeness (QED) is 0.708. The lowest BCUT2D eigenvalue weighted by molar-refractivity contribution is 0.343. The maximum atomic E-state index is 11.5. The van der Waals surface area contributed by atoms with Gasteiger partial charge in [-0.25, -0.2) is 0 Å². The fourth-order valence-electron chi connectivity index (χ4n) is 2.04. The van der Waals surface area contributed by atoms with Gasteiger partial charge in [-0.15, -0.1) is 0 Å². The van der Waals surface area contributed by atoms with E-state index in [4.69, 9.17) is 0 Å². The molecule has 0 unspecified atom stereocenters. The van der Waals surface area contributed by atoms with Gasteiger partial charge in [0, 0.05) is 12.7 Å². The number of nitrogens with one attached hydrogen (secondary N) is 3. The summed E-state index contributed by atoms with van der Waals surface area (Å²) in [5.41, 5.74) is 0.495. The second-order valence-corrected chi connectivity index (χ2v) is 5.79. The van der Waals surface area contributed by atoms with Crippen LogP contribution in [0.1, 0.15) is 25.8 Å². The van der Waals surface area contributed by atoms with Crippen LogP contribution >= 0.6 is 0 Å². The molecule has 2 heterocycles. The molecule has 102 valence electrons. The van der Waals surface area contributed by atoms with Gasteiger partial charge in [0.2, 0.25) is 0 Å². The molecule has 1 aromatic heterocycles. The minimum atomic E-state index is -3.47. The molecule has 1 fully saturated rings. The second-order valence-electron chi connectivity index (χ2n) is 4.29. The van der Waals surface area contributed by atoms with Gasteiger partial charge in [0.15, 0.2) is 0 Å². The first-order valence-corrected chi connectivity index (χ1v) is 7.61. The molecular formula is C10H19N5O2S. The number of anilines is 1. The highest BCUT2D eigenvalue weighted by atomic mass is 32.2. The van der Waals surface area contributed by atoms with Crippen LogP contribution in [0.3, 0.4) is 0 Å². The Hall–Kier alpha value is -1.12. The zero-order chi connectivity index (χ0) is 13.0. The van der Waals surface area contributed by atoms with Crippen LogP contribution in [0, 0.1) is 0 Å². The summed E-state index contributed by atoms with van der Waals surface area (Å²) < 4.78 is 29.7. The van der Waals surface area contributed by atoms with E-state index in [-0.39, 0.29) is 0 Å². The fourth-order valence-corrected chi connectivity index (χ4v) is 2.91. The Kier molecular flexibility index (Phi) is 4.20. The van der Waals surface area contributed by atoms with Crippen LogP contribution in [-0.4, -0.2) is 37.8 Å². The van der Waals surface area contributed by atoms with Crippen LogP contribution in [-0.2, 0) is 10.2 Å². The van der Waals surface area contributed by atoms with Crippen LogP contribution < -0.4 is 14.8 Å². The maximum Gasteiger partial charge on any atom is 0.299 e. The number of hydrogen-bond acceptors (Lipinski definition) is 4. The lowest BCUT2D eigenvalue weighted by Gasteiger charge is -2.22. The van der Waals surface area contributed by atoms with Crippen molar-refractivity contribution in [2.24, 2.45) is 0 Å². The van der Waals surface area contributed by atoms with Crippen LogP contribution in [0.5, 0.6) is 0 Å². The van der Waals surface area contributed by atoms with E-state index in [9.17, 15) is 8.42 Å². The standard InChI is InChI=1S/C10H19N5O2S/c1-2-13-18(16,17)14-9-7-12-15(8-9)10-3-5-11-6-4-10/h7-8,10-11,13-14H,2-6H2,1H3. The first-order chi connectivity index (χ1) is 8.61. The summed E-state index contributed by atoms with van der Waals surface area (Å²) in [5.74, 6) is 0. The van der Waals surface area contributed by atoms with Crippen LogP contribution in [0.15, 0.2) is 12.4 Å². The molecule has 2 rings (SSSR count). The highest BCUT2D eigenvalue weighted by Crippen LogP contribution is 2.19. The molecule has 1 aliphatic heterocycles.